The molecule has 0 unspecified atom stereocenters. The zero-order valence-electron chi connectivity index (χ0n) is 11.4. The summed E-state index contributed by atoms with van der Waals surface area (Å²) in [6, 6.07) is 6.74. The predicted molar refractivity (Wildman–Crippen MR) is 72.4 cm³/mol. The number of likely N-dealkylation sites (tertiary alicyclic amines) is 1. The number of carbonyl (C=O) groups is 2. The summed E-state index contributed by atoms with van der Waals surface area (Å²) in [5.74, 6) is -0.0770. The summed E-state index contributed by atoms with van der Waals surface area (Å²) in [5.41, 5.74) is 2.48. The Kier molecular flexibility index (Phi) is 4.81. The van der Waals surface area contributed by atoms with Gasteiger partial charge >= 0.3 is 6.09 Å². The monoisotopic (exact) mass is 278 g/mol. The minimum Gasteiger partial charge on any atom is -0.496 e. The van der Waals surface area contributed by atoms with E-state index in [-0.39, 0.29) is 0 Å². The van der Waals surface area contributed by atoms with Crippen molar-refractivity contribution >= 4 is 12.0 Å². The van der Waals surface area contributed by atoms with Crippen LogP contribution in [0.2, 0.25) is 0 Å². The number of hydroxylamine groups is 1. The molecule has 1 saturated heterocycles. The Morgan fingerprint density at radius 1 is 1.15 bits per heavy atom. The lowest BCUT2D eigenvalue weighted by Crippen LogP contribution is -2.40. The van der Waals surface area contributed by atoms with Crippen LogP contribution in [0.25, 0.3) is 0 Å². The van der Waals surface area contributed by atoms with Gasteiger partial charge in [0.2, 0.25) is 0 Å². The number of ether oxygens (including phenoxy) is 1. The van der Waals surface area contributed by atoms with Gasteiger partial charge in [-0.3, -0.25) is 4.79 Å². The number of amides is 2. The average molecular weight is 278 g/mol. The first kappa shape index (κ1) is 14.2. The number of methoxy groups -OCH3 is 1. The zero-order valence-corrected chi connectivity index (χ0v) is 11.4. The van der Waals surface area contributed by atoms with Crippen LogP contribution < -0.4 is 10.2 Å². The van der Waals surface area contributed by atoms with Gasteiger partial charge in [0.1, 0.15) is 5.75 Å². The van der Waals surface area contributed by atoms with Crippen LogP contribution in [0, 0.1) is 0 Å². The number of piperidine rings is 1. The summed E-state index contributed by atoms with van der Waals surface area (Å²) < 4.78 is 5.08. The molecule has 1 fully saturated rings. The fourth-order valence-corrected chi connectivity index (χ4v) is 2.12. The fourth-order valence-electron chi connectivity index (χ4n) is 2.12. The van der Waals surface area contributed by atoms with Crippen molar-refractivity contribution in [1.29, 1.82) is 0 Å². The Bertz CT molecular complexity index is 484. The molecule has 1 heterocycles. The van der Waals surface area contributed by atoms with Gasteiger partial charge in [0, 0.05) is 13.1 Å². The maximum atomic E-state index is 11.9. The molecular formula is C14H18N2O4. The third-order valence-electron chi connectivity index (χ3n) is 3.20. The van der Waals surface area contributed by atoms with Crippen LogP contribution in [-0.4, -0.2) is 37.1 Å². The molecule has 1 N–H and O–H groups in total. The summed E-state index contributed by atoms with van der Waals surface area (Å²) in [6.07, 6.45) is 2.54. The van der Waals surface area contributed by atoms with Crippen LogP contribution >= 0.6 is 0 Å². The molecule has 2 rings (SSSR count). The first-order valence-corrected chi connectivity index (χ1v) is 6.61. The largest absolute Gasteiger partial charge is 0.496 e. The molecule has 0 bridgehead atoms. The molecule has 1 aliphatic rings. The smallest absolute Gasteiger partial charge is 0.434 e. The molecule has 0 atom stereocenters. The summed E-state index contributed by atoms with van der Waals surface area (Å²) in [4.78, 5) is 30.1. The molecule has 0 radical (unpaired) electrons. The number of rotatable bonds is 2. The molecular weight excluding hydrogens is 260 g/mol. The number of hydrogen-bond acceptors (Lipinski definition) is 4. The SMILES string of the molecule is COc1ccccc1C(=O)NOC(=O)N1CCCCC1. The van der Waals surface area contributed by atoms with Crippen LogP contribution in [0.5, 0.6) is 5.75 Å². The first-order chi connectivity index (χ1) is 9.72. The van der Waals surface area contributed by atoms with E-state index in [4.69, 9.17) is 9.57 Å². The first-order valence-electron chi connectivity index (χ1n) is 6.61. The number of nitrogens with zero attached hydrogens (tertiary/aromatic N) is 1. The second-order valence-electron chi connectivity index (χ2n) is 4.55. The van der Waals surface area contributed by atoms with Gasteiger partial charge in [-0.2, -0.15) is 5.48 Å². The number of benzene rings is 1. The highest BCUT2D eigenvalue weighted by Gasteiger charge is 2.20. The van der Waals surface area contributed by atoms with E-state index in [1.807, 2.05) is 0 Å². The molecule has 20 heavy (non-hydrogen) atoms. The summed E-state index contributed by atoms with van der Waals surface area (Å²) in [5, 5.41) is 0. The summed E-state index contributed by atoms with van der Waals surface area (Å²) in [6.45, 7) is 1.34. The van der Waals surface area contributed by atoms with Gasteiger partial charge in [-0.1, -0.05) is 12.1 Å². The lowest BCUT2D eigenvalue weighted by Gasteiger charge is -2.25. The lowest BCUT2D eigenvalue weighted by atomic mass is 10.1. The molecule has 1 aromatic carbocycles. The zero-order chi connectivity index (χ0) is 14.4. The number of nitrogens with one attached hydrogen (secondary N) is 1. The maximum absolute atomic E-state index is 11.9. The number of hydrogen-bond donors (Lipinski definition) is 1. The van der Waals surface area contributed by atoms with Crippen LogP contribution in [0.3, 0.4) is 0 Å². The predicted octanol–water partition coefficient (Wildman–Crippen LogP) is 1.96. The van der Waals surface area contributed by atoms with Crippen molar-refractivity contribution in [2.45, 2.75) is 19.3 Å². The van der Waals surface area contributed by atoms with E-state index in [1.165, 1.54) is 7.11 Å². The lowest BCUT2D eigenvalue weighted by molar-refractivity contribution is 0.0392. The average Bonchev–Trinajstić information content (AvgIpc) is 2.53. The quantitative estimate of drug-likeness (QED) is 0.840. The van der Waals surface area contributed by atoms with E-state index in [9.17, 15) is 9.59 Å². The van der Waals surface area contributed by atoms with Crippen molar-refractivity contribution in [1.82, 2.24) is 10.4 Å². The molecule has 0 aromatic heterocycles. The standard InChI is InChI=1S/C14H18N2O4/c1-19-12-8-4-3-7-11(12)13(17)15-20-14(18)16-9-5-2-6-10-16/h3-4,7-8H,2,5-6,9-10H2,1H3,(H,15,17). The van der Waals surface area contributed by atoms with Crippen LogP contribution in [0.1, 0.15) is 29.6 Å². The van der Waals surface area contributed by atoms with Gasteiger partial charge in [-0.05, 0) is 31.4 Å². The maximum Gasteiger partial charge on any atom is 0.434 e. The van der Waals surface area contributed by atoms with Crippen molar-refractivity contribution < 1.29 is 19.2 Å². The Morgan fingerprint density at radius 3 is 2.55 bits per heavy atom. The van der Waals surface area contributed by atoms with Crippen LogP contribution in [-0.2, 0) is 4.84 Å². The number of carbonyl (C=O) groups excluding carboxylic acids is 2. The van der Waals surface area contributed by atoms with Crippen molar-refractivity contribution in [3.05, 3.63) is 29.8 Å². The Hall–Kier alpha value is -2.24. The van der Waals surface area contributed by atoms with E-state index in [2.05, 4.69) is 5.48 Å². The Balaban J connectivity index is 1.89. The van der Waals surface area contributed by atoms with E-state index in [0.717, 1.165) is 19.3 Å². The number of para-hydroxylation sites is 1. The second-order valence-corrected chi connectivity index (χ2v) is 4.55. The third-order valence-corrected chi connectivity index (χ3v) is 3.20. The molecule has 1 aromatic rings. The summed E-state index contributed by atoms with van der Waals surface area (Å²) >= 11 is 0. The Labute approximate surface area is 117 Å². The molecule has 2 amide bonds. The minimum atomic E-state index is -0.520. The molecule has 6 nitrogen and oxygen atoms in total. The topological polar surface area (TPSA) is 67.9 Å². The van der Waals surface area contributed by atoms with Crippen molar-refractivity contribution in [2.24, 2.45) is 0 Å². The van der Waals surface area contributed by atoms with Gasteiger partial charge < -0.3 is 14.5 Å². The fraction of sp³-hybridized carbons (Fsp3) is 0.429. The molecule has 0 spiro atoms. The third kappa shape index (κ3) is 3.40. The molecule has 0 aliphatic carbocycles. The van der Waals surface area contributed by atoms with E-state index >= 15 is 0 Å². The van der Waals surface area contributed by atoms with Crippen LogP contribution in [0.15, 0.2) is 24.3 Å². The molecule has 6 heteroatoms. The molecule has 0 saturated carbocycles. The highest BCUT2D eigenvalue weighted by atomic mass is 16.7. The Morgan fingerprint density at radius 2 is 1.85 bits per heavy atom. The van der Waals surface area contributed by atoms with Crippen LogP contribution in [0.4, 0.5) is 4.79 Å². The van der Waals surface area contributed by atoms with Crippen molar-refractivity contribution in [3.63, 3.8) is 0 Å². The minimum absolute atomic E-state index is 0.321. The van der Waals surface area contributed by atoms with Gasteiger partial charge in [0.05, 0.1) is 12.7 Å². The van der Waals surface area contributed by atoms with E-state index in [0.29, 0.717) is 24.4 Å². The highest BCUT2D eigenvalue weighted by molar-refractivity contribution is 5.96. The summed E-state index contributed by atoms with van der Waals surface area (Å²) in [7, 11) is 1.48. The van der Waals surface area contributed by atoms with Crippen molar-refractivity contribution in [3.8, 4) is 5.75 Å². The van der Waals surface area contributed by atoms with Gasteiger partial charge in [0.15, 0.2) is 0 Å². The normalized spacial score (nSPS) is 14.6. The molecule has 108 valence electrons. The van der Waals surface area contributed by atoms with E-state index in [1.54, 1.807) is 29.2 Å². The highest BCUT2D eigenvalue weighted by Crippen LogP contribution is 2.17. The van der Waals surface area contributed by atoms with Gasteiger partial charge in [-0.15, -0.1) is 0 Å². The molecule has 1 aliphatic heterocycles. The van der Waals surface area contributed by atoms with Gasteiger partial charge in [-0.25, -0.2) is 4.79 Å². The second kappa shape index (κ2) is 6.79. The van der Waals surface area contributed by atoms with Gasteiger partial charge in [0.25, 0.3) is 5.91 Å². The van der Waals surface area contributed by atoms with Crippen molar-refractivity contribution in [2.75, 3.05) is 20.2 Å². The van der Waals surface area contributed by atoms with E-state index < -0.39 is 12.0 Å².